The molecule has 1 atom stereocenters. The maximum absolute atomic E-state index is 13.8. The molecule has 1 unspecified atom stereocenters. The highest BCUT2D eigenvalue weighted by Gasteiger charge is 2.37. The predicted octanol–water partition coefficient (Wildman–Crippen LogP) is 6.20. The van der Waals surface area contributed by atoms with Crippen molar-refractivity contribution in [1.82, 2.24) is 0 Å². The number of benzene rings is 3. The molecule has 6 nitrogen and oxygen atoms in total. The molecule has 5 rings (SSSR count). The van der Waals surface area contributed by atoms with Gasteiger partial charge in [-0.3, -0.25) is 9.59 Å². The fourth-order valence-electron chi connectivity index (χ4n) is 5.25. The third-order valence-corrected chi connectivity index (χ3v) is 7.34. The predicted molar refractivity (Wildman–Crippen MR) is 141 cm³/mol. The molecule has 0 radical (unpaired) electrons. The number of aryl methyl sites for hydroxylation is 1. The van der Waals surface area contributed by atoms with Crippen LogP contribution in [0, 0.1) is 12.8 Å². The van der Waals surface area contributed by atoms with Gasteiger partial charge in [-0.15, -0.1) is 0 Å². The third-order valence-electron chi connectivity index (χ3n) is 7.34. The zero-order valence-corrected chi connectivity index (χ0v) is 21.0. The summed E-state index contributed by atoms with van der Waals surface area (Å²) in [5.74, 6) is 2.14. The van der Waals surface area contributed by atoms with E-state index in [2.05, 4.69) is 11.4 Å². The first-order valence-corrected chi connectivity index (χ1v) is 12.5. The van der Waals surface area contributed by atoms with Crippen molar-refractivity contribution in [1.29, 1.82) is 0 Å². The number of methoxy groups -OCH3 is 2. The number of nitrogens with one attached hydrogen (secondary N) is 1. The highest BCUT2D eigenvalue weighted by atomic mass is 16.5. The molecule has 1 saturated carbocycles. The van der Waals surface area contributed by atoms with E-state index in [0.29, 0.717) is 40.9 Å². The highest BCUT2D eigenvalue weighted by Crippen LogP contribution is 2.49. The Morgan fingerprint density at radius 1 is 0.944 bits per heavy atom. The van der Waals surface area contributed by atoms with Gasteiger partial charge in [0.2, 0.25) is 0 Å². The molecule has 3 aromatic rings. The van der Waals surface area contributed by atoms with Crippen molar-refractivity contribution in [3.05, 3.63) is 82.9 Å². The Balaban J connectivity index is 1.43. The maximum Gasteiger partial charge on any atom is 0.258 e. The number of amides is 2. The summed E-state index contributed by atoms with van der Waals surface area (Å²) in [5, 5.41) is 2.93. The number of rotatable bonds is 6. The van der Waals surface area contributed by atoms with Crippen LogP contribution in [0.4, 0.5) is 11.4 Å². The Bertz CT molecular complexity index is 1300. The van der Waals surface area contributed by atoms with Gasteiger partial charge in [-0.1, -0.05) is 18.2 Å². The number of ether oxygens (including phenoxy) is 2. The number of hydrogen-bond acceptors (Lipinski definition) is 4. The van der Waals surface area contributed by atoms with Gasteiger partial charge in [0.15, 0.2) is 0 Å². The van der Waals surface area contributed by atoms with Crippen LogP contribution < -0.4 is 19.7 Å². The van der Waals surface area contributed by atoms with Gasteiger partial charge in [0.25, 0.3) is 11.8 Å². The molecule has 0 bridgehead atoms. The molecule has 3 aromatic carbocycles. The Hall–Kier alpha value is -3.80. The van der Waals surface area contributed by atoms with Gasteiger partial charge in [0.05, 0.1) is 19.9 Å². The monoisotopic (exact) mass is 484 g/mol. The molecular weight excluding hydrogens is 452 g/mol. The number of fused-ring (bicyclic) bond motifs is 1. The molecule has 1 heterocycles. The van der Waals surface area contributed by atoms with Crippen LogP contribution in [0.25, 0.3) is 0 Å². The summed E-state index contributed by atoms with van der Waals surface area (Å²) >= 11 is 0. The Morgan fingerprint density at radius 3 is 2.47 bits per heavy atom. The number of anilines is 2. The van der Waals surface area contributed by atoms with Crippen molar-refractivity contribution < 1.29 is 19.1 Å². The second-order valence-corrected chi connectivity index (χ2v) is 9.65. The van der Waals surface area contributed by atoms with Crippen LogP contribution in [0.1, 0.15) is 63.4 Å². The van der Waals surface area contributed by atoms with Crippen LogP contribution in [-0.4, -0.2) is 32.6 Å². The van der Waals surface area contributed by atoms with Crippen molar-refractivity contribution in [2.45, 2.75) is 38.5 Å². The molecule has 2 aliphatic rings. The number of carbonyl (C=O) groups is 2. The zero-order chi connectivity index (χ0) is 25.2. The summed E-state index contributed by atoms with van der Waals surface area (Å²) < 4.78 is 11.1. The van der Waals surface area contributed by atoms with E-state index in [1.807, 2.05) is 42.2 Å². The Kier molecular flexibility index (Phi) is 6.68. The van der Waals surface area contributed by atoms with Gasteiger partial charge in [-0.05, 0) is 98.0 Å². The standard InChI is InChI=1S/C30H32N2O4/c1-19-7-4-5-8-23(19)29(33)31-26-14-12-21(17-28(26)36-3)30(34)32-16-6-9-24(20-10-11-20)25-18-22(35-2)13-15-27(25)32/h4-5,7-8,12-15,17-18,20,24H,6,9-11,16H2,1-3H3,(H,31,33). The van der Waals surface area contributed by atoms with Crippen molar-refractivity contribution in [3.63, 3.8) is 0 Å². The van der Waals surface area contributed by atoms with Crippen molar-refractivity contribution in [2.24, 2.45) is 5.92 Å². The lowest BCUT2D eigenvalue weighted by molar-refractivity contribution is 0.0985. The normalized spacial score (nSPS) is 17.1. The summed E-state index contributed by atoms with van der Waals surface area (Å²) in [4.78, 5) is 28.5. The second kappa shape index (κ2) is 10.1. The molecule has 1 N–H and O–H groups in total. The van der Waals surface area contributed by atoms with Gasteiger partial charge < -0.3 is 19.7 Å². The summed E-state index contributed by atoms with van der Waals surface area (Å²) in [6.45, 7) is 2.56. The van der Waals surface area contributed by atoms with Crippen LogP contribution >= 0.6 is 0 Å². The SMILES string of the molecule is COc1ccc2c(c1)C(C1CC1)CCCN2C(=O)c1ccc(NC(=O)c2ccccc2C)c(OC)c1. The number of carbonyl (C=O) groups excluding carboxylic acids is 2. The topological polar surface area (TPSA) is 67.9 Å². The van der Waals surface area contributed by atoms with Crippen LogP contribution in [0.15, 0.2) is 60.7 Å². The van der Waals surface area contributed by atoms with E-state index in [9.17, 15) is 9.59 Å². The fourth-order valence-corrected chi connectivity index (χ4v) is 5.25. The molecule has 0 saturated heterocycles. The third kappa shape index (κ3) is 4.68. The van der Waals surface area contributed by atoms with Crippen LogP contribution in [0.3, 0.4) is 0 Å². The second-order valence-electron chi connectivity index (χ2n) is 9.65. The van der Waals surface area contributed by atoms with Gasteiger partial charge in [-0.25, -0.2) is 0 Å². The number of hydrogen-bond donors (Lipinski definition) is 1. The van der Waals surface area contributed by atoms with Crippen molar-refractivity contribution in [3.8, 4) is 11.5 Å². The summed E-state index contributed by atoms with van der Waals surface area (Å²) in [7, 11) is 3.22. The van der Waals surface area contributed by atoms with E-state index in [1.165, 1.54) is 18.4 Å². The summed E-state index contributed by atoms with van der Waals surface area (Å²) in [5.41, 5.74) is 4.70. The molecule has 6 heteroatoms. The molecule has 186 valence electrons. The van der Waals surface area contributed by atoms with Gasteiger partial charge in [-0.2, -0.15) is 0 Å². The highest BCUT2D eigenvalue weighted by molar-refractivity contribution is 6.09. The lowest BCUT2D eigenvalue weighted by Crippen LogP contribution is -2.31. The minimum Gasteiger partial charge on any atom is -0.497 e. The maximum atomic E-state index is 13.8. The molecule has 2 amide bonds. The van der Waals surface area contributed by atoms with E-state index in [1.54, 1.807) is 38.5 Å². The first kappa shape index (κ1) is 23.9. The summed E-state index contributed by atoms with van der Waals surface area (Å²) in [6.07, 6.45) is 4.53. The van der Waals surface area contributed by atoms with E-state index in [0.717, 1.165) is 29.8 Å². The lowest BCUT2D eigenvalue weighted by atomic mass is 9.89. The Labute approximate surface area is 212 Å². The fraction of sp³-hybridized carbons (Fsp3) is 0.333. The first-order chi connectivity index (χ1) is 17.5. The molecule has 36 heavy (non-hydrogen) atoms. The average Bonchev–Trinajstić information content (AvgIpc) is 3.75. The lowest BCUT2D eigenvalue weighted by Gasteiger charge is -2.25. The minimum atomic E-state index is -0.216. The van der Waals surface area contributed by atoms with E-state index < -0.39 is 0 Å². The van der Waals surface area contributed by atoms with Crippen LogP contribution in [0.5, 0.6) is 11.5 Å². The number of nitrogens with zero attached hydrogens (tertiary/aromatic N) is 1. The zero-order valence-electron chi connectivity index (χ0n) is 21.0. The van der Waals surface area contributed by atoms with Crippen LogP contribution in [-0.2, 0) is 0 Å². The Morgan fingerprint density at radius 2 is 1.75 bits per heavy atom. The largest absolute Gasteiger partial charge is 0.497 e. The molecule has 0 spiro atoms. The smallest absolute Gasteiger partial charge is 0.258 e. The van der Waals surface area contributed by atoms with E-state index >= 15 is 0 Å². The molecule has 1 aliphatic heterocycles. The van der Waals surface area contributed by atoms with E-state index in [4.69, 9.17) is 9.47 Å². The van der Waals surface area contributed by atoms with Crippen molar-refractivity contribution in [2.75, 3.05) is 31.0 Å². The van der Waals surface area contributed by atoms with Gasteiger partial charge in [0, 0.05) is 23.4 Å². The molecular formula is C30H32N2O4. The minimum absolute atomic E-state index is 0.0760. The van der Waals surface area contributed by atoms with E-state index in [-0.39, 0.29) is 11.8 Å². The molecule has 0 aromatic heterocycles. The van der Waals surface area contributed by atoms with Crippen LogP contribution in [0.2, 0.25) is 0 Å². The van der Waals surface area contributed by atoms with Crippen molar-refractivity contribution >= 4 is 23.2 Å². The summed E-state index contributed by atoms with van der Waals surface area (Å²) in [6, 6.07) is 18.7. The van der Waals surface area contributed by atoms with Gasteiger partial charge in [0.1, 0.15) is 11.5 Å². The first-order valence-electron chi connectivity index (χ1n) is 12.5. The molecule has 1 fully saturated rings. The quantitative estimate of drug-likeness (QED) is 0.452. The molecule has 1 aliphatic carbocycles. The van der Waals surface area contributed by atoms with Gasteiger partial charge >= 0.3 is 0 Å². The average molecular weight is 485 g/mol.